The van der Waals surface area contributed by atoms with Crippen molar-refractivity contribution in [1.82, 2.24) is 15.8 Å². The largest absolute Gasteiger partial charge is 0.497 e. The van der Waals surface area contributed by atoms with Crippen molar-refractivity contribution < 1.29 is 14.0 Å². The summed E-state index contributed by atoms with van der Waals surface area (Å²) in [6.45, 7) is 5.92. The van der Waals surface area contributed by atoms with Gasteiger partial charge in [-0.2, -0.15) is 0 Å². The van der Waals surface area contributed by atoms with Crippen molar-refractivity contribution in [3.63, 3.8) is 0 Å². The summed E-state index contributed by atoms with van der Waals surface area (Å²) in [6, 6.07) is 7.91. The van der Waals surface area contributed by atoms with E-state index in [1.165, 1.54) is 12.8 Å². The average Bonchev–Trinajstić information content (AvgIpc) is 3.42. The fourth-order valence-electron chi connectivity index (χ4n) is 3.37. The van der Waals surface area contributed by atoms with Gasteiger partial charge in [0, 0.05) is 24.2 Å². The summed E-state index contributed by atoms with van der Waals surface area (Å²) in [5.74, 6) is 3.18. The first kappa shape index (κ1) is 21.0. The number of ether oxygens (including phenoxy) is 2. The van der Waals surface area contributed by atoms with Gasteiger partial charge in [-0.05, 0) is 51.2 Å². The molecule has 1 fully saturated rings. The minimum absolute atomic E-state index is 0.287. The Labute approximate surface area is 172 Å². The molecule has 7 heteroatoms. The highest BCUT2D eigenvalue weighted by molar-refractivity contribution is 5.79. The maximum atomic E-state index is 6.27. The molecule has 0 amide bonds. The normalized spacial score (nSPS) is 14.8. The summed E-state index contributed by atoms with van der Waals surface area (Å²) in [7, 11) is 1.67. The standard InChI is InChI=1S/C22H32N4O3/c1-4-17-12-20(29-26-17)15-25-22(23-5-2)24-14-16-10-11-19(27-3)13-21(16)28-18-8-6-7-9-18/h10-13,18H,4-9,14-15H2,1-3H3,(H2,23,24,25). The lowest BCUT2D eigenvalue weighted by Gasteiger charge is -2.17. The molecule has 0 saturated heterocycles. The Hall–Kier alpha value is -2.70. The zero-order valence-corrected chi connectivity index (χ0v) is 17.7. The van der Waals surface area contributed by atoms with E-state index in [0.717, 1.165) is 60.3 Å². The monoisotopic (exact) mass is 400 g/mol. The molecule has 1 aliphatic carbocycles. The van der Waals surface area contributed by atoms with Crippen molar-refractivity contribution in [2.75, 3.05) is 13.7 Å². The minimum Gasteiger partial charge on any atom is -0.497 e. The third-order valence-electron chi connectivity index (χ3n) is 5.02. The number of nitrogens with one attached hydrogen (secondary N) is 2. The van der Waals surface area contributed by atoms with Crippen LogP contribution in [0, 0.1) is 0 Å². The van der Waals surface area contributed by atoms with E-state index in [4.69, 9.17) is 19.0 Å². The van der Waals surface area contributed by atoms with Gasteiger partial charge in [0.25, 0.3) is 0 Å². The lowest BCUT2D eigenvalue weighted by molar-refractivity contribution is 0.207. The van der Waals surface area contributed by atoms with Gasteiger partial charge < -0.3 is 24.6 Å². The van der Waals surface area contributed by atoms with Gasteiger partial charge in [-0.25, -0.2) is 4.99 Å². The number of rotatable bonds is 9. The zero-order chi connectivity index (χ0) is 20.5. The molecule has 0 bridgehead atoms. The summed E-state index contributed by atoms with van der Waals surface area (Å²) in [5, 5.41) is 10.6. The molecular formula is C22H32N4O3. The molecule has 1 saturated carbocycles. The topological polar surface area (TPSA) is 80.9 Å². The van der Waals surface area contributed by atoms with Crippen LogP contribution >= 0.6 is 0 Å². The molecule has 1 aliphatic rings. The highest BCUT2D eigenvalue weighted by atomic mass is 16.5. The Morgan fingerprint density at radius 3 is 2.72 bits per heavy atom. The van der Waals surface area contributed by atoms with Crippen molar-refractivity contribution >= 4 is 5.96 Å². The molecule has 7 nitrogen and oxygen atoms in total. The molecule has 3 rings (SSSR count). The number of aryl methyl sites for hydroxylation is 1. The number of methoxy groups -OCH3 is 1. The average molecular weight is 401 g/mol. The van der Waals surface area contributed by atoms with Crippen LogP contribution in [-0.4, -0.2) is 30.9 Å². The van der Waals surface area contributed by atoms with Gasteiger partial charge in [0.2, 0.25) is 0 Å². The van der Waals surface area contributed by atoms with Gasteiger partial charge in [0.1, 0.15) is 11.5 Å². The predicted molar refractivity (Wildman–Crippen MR) is 113 cm³/mol. The Balaban J connectivity index is 1.68. The van der Waals surface area contributed by atoms with E-state index in [0.29, 0.717) is 13.1 Å². The second-order valence-corrected chi connectivity index (χ2v) is 7.18. The molecule has 29 heavy (non-hydrogen) atoms. The van der Waals surface area contributed by atoms with E-state index in [9.17, 15) is 0 Å². The number of nitrogens with zero attached hydrogens (tertiary/aromatic N) is 2. The van der Waals surface area contributed by atoms with Gasteiger partial charge in [0.15, 0.2) is 11.7 Å². The number of guanidine groups is 1. The van der Waals surface area contributed by atoms with Crippen LogP contribution in [0.1, 0.15) is 56.5 Å². The molecule has 2 aromatic rings. The van der Waals surface area contributed by atoms with Crippen molar-refractivity contribution in [3.8, 4) is 11.5 Å². The molecule has 158 valence electrons. The molecule has 2 N–H and O–H groups in total. The first-order valence-electron chi connectivity index (χ1n) is 10.5. The molecule has 0 atom stereocenters. The molecule has 1 aromatic carbocycles. The van der Waals surface area contributed by atoms with Crippen LogP contribution in [0.15, 0.2) is 33.8 Å². The summed E-state index contributed by atoms with van der Waals surface area (Å²) < 4.78 is 17.0. The number of aromatic nitrogens is 1. The van der Waals surface area contributed by atoms with E-state index in [1.54, 1.807) is 7.11 Å². The predicted octanol–water partition coefficient (Wildman–Crippen LogP) is 3.82. The highest BCUT2D eigenvalue weighted by Crippen LogP contribution is 2.30. The van der Waals surface area contributed by atoms with E-state index in [2.05, 4.69) is 22.7 Å². The van der Waals surface area contributed by atoms with Crippen LogP contribution in [0.3, 0.4) is 0 Å². The summed E-state index contributed by atoms with van der Waals surface area (Å²) >= 11 is 0. The van der Waals surface area contributed by atoms with Crippen LogP contribution < -0.4 is 20.1 Å². The first-order chi connectivity index (χ1) is 14.2. The minimum atomic E-state index is 0.287. The molecule has 1 aromatic heterocycles. The van der Waals surface area contributed by atoms with Crippen LogP contribution in [0.4, 0.5) is 0 Å². The Kier molecular flexibility index (Phi) is 7.78. The van der Waals surface area contributed by atoms with Gasteiger partial charge in [-0.3, -0.25) is 0 Å². The van der Waals surface area contributed by atoms with Crippen molar-refractivity contribution in [2.45, 2.75) is 65.1 Å². The SMILES string of the molecule is CCNC(=NCc1ccc(OC)cc1OC1CCCC1)NCc1cc(CC)no1. The molecule has 0 radical (unpaired) electrons. The molecule has 0 unspecified atom stereocenters. The maximum Gasteiger partial charge on any atom is 0.191 e. The Morgan fingerprint density at radius 2 is 2.03 bits per heavy atom. The highest BCUT2D eigenvalue weighted by Gasteiger charge is 2.18. The molecule has 1 heterocycles. The van der Waals surface area contributed by atoms with Gasteiger partial charge in [0.05, 0.1) is 32.0 Å². The Bertz CT molecular complexity index is 797. The fourth-order valence-corrected chi connectivity index (χ4v) is 3.37. The maximum absolute atomic E-state index is 6.27. The molecule has 0 spiro atoms. The van der Waals surface area contributed by atoms with Crippen LogP contribution in [0.5, 0.6) is 11.5 Å². The van der Waals surface area contributed by atoms with Crippen LogP contribution in [-0.2, 0) is 19.5 Å². The second kappa shape index (κ2) is 10.7. The van der Waals surface area contributed by atoms with E-state index >= 15 is 0 Å². The fraction of sp³-hybridized carbons (Fsp3) is 0.545. The number of hydrogen-bond acceptors (Lipinski definition) is 5. The van der Waals surface area contributed by atoms with Gasteiger partial charge in [-0.15, -0.1) is 0 Å². The smallest absolute Gasteiger partial charge is 0.191 e. The van der Waals surface area contributed by atoms with Crippen molar-refractivity contribution in [3.05, 3.63) is 41.3 Å². The van der Waals surface area contributed by atoms with Crippen molar-refractivity contribution in [2.24, 2.45) is 4.99 Å². The molecular weight excluding hydrogens is 368 g/mol. The number of benzene rings is 1. The lowest BCUT2D eigenvalue weighted by atomic mass is 10.2. The summed E-state index contributed by atoms with van der Waals surface area (Å²) in [6.07, 6.45) is 5.84. The Morgan fingerprint density at radius 1 is 1.21 bits per heavy atom. The van der Waals surface area contributed by atoms with Crippen LogP contribution in [0.25, 0.3) is 0 Å². The van der Waals surface area contributed by atoms with E-state index in [1.807, 2.05) is 31.2 Å². The van der Waals surface area contributed by atoms with Crippen molar-refractivity contribution in [1.29, 1.82) is 0 Å². The van der Waals surface area contributed by atoms with E-state index in [-0.39, 0.29) is 6.10 Å². The second-order valence-electron chi connectivity index (χ2n) is 7.18. The number of aliphatic imine (C=N–C) groups is 1. The third-order valence-corrected chi connectivity index (χ3v) is 5.02. The number of hydrogen-bond donors (Lipinski definition) is 2. The van der Waals surface area contributed by atoms with E-state index < -0.39 is 0 Å². The first-order valence-corrected chi connectivity index (χ1v) is 10.5. The summed E-state index contributed by atoms with van der Waals surface area (Å²) in [4.78, 5) is 4.73. The van der Waals surface area contributed by atoms with Gasteiger partial charge in [-0.1, -0.05) is 12.1 Å². The zero-order valence-electron chi connectivity index (χ0n) is 17.7. The molecule has 0 aliphatic heterocycles. The van der Waals surface area contributed by atoms with Gasteiger partial charge >= 0.3 is 0 Å². The third kappa shape index (κ3) is 6.14. The van der Waals surface area contributed by atoms with Crippen LogP contribution in [0.2, 0.25) is 0 Å². The lowest BCUT2D eigenvalue weighted by Crippen LogP contribution is -2.36. The summed E-state index contributed by atoms with van der Waals surface area (Å²) in [5.41, 5.74) is 2.00. The quantitative estimate of drug-likeness (QED) is 0.492.